The standard InChI is InChI=1S/C16H22ClFN2O3/c1-9-5-12(6-10(2)23-9)19-16(22)20-15(8-21)11-3-4-13(17)14(18)7-11/h3-4,7,9-10,12,15,21H,5-6,8H2,1-2H3,(H2,19,20,22). The molecule has 0 bridgehead atoms. The van der Waals surface area contributed by atoms with Gasteiger partial charge in [-0.3, -0.25) is 0 Å². The van der Waals surface area contributed by atoms with Crippen LogP contribution < -0.4 is 10.6 Å². The fourth-order valence-corrected chi connectivity index (χ4v) is 2.99. The van der Waals surface area contributed by atoms with E-state index in [2.05, 4.69) is 10.6 Å². The van der Waals surface area contributed by atoms with Gasteiger partial charge in [-0.05, 0) is 44.4 Å². The predicted molar refractivity (Wildman–Crippen MR) is 85.9 cm³/mol. The first-order valence-corrected chi connectivity index (χ1v) is 8.05. The summed E-state index contributed by atoms with van der Waals surface area (Å²) in [5, 5.41) is 15.0. The first kappa shape index (κ1) is 18.0. The highest BCUT2D eigenvalue weighted by molar-refractivity contribution is 6.30. The first-order valence-electron chi connectivity index (χ1n) is 7.67. The highest BCUT2D eigenvalue weighted by Crippen LogP contribution is 2.21. The smallest absolute Gasteiger partial charge is 0.315 e. The van der Waals surface area contributed by atoms with E-state index in [0.717, 1.165) is 12.8 Å². The molecule has 0 saturated carbocycles. The number of rotatable bonds is 4. The topological polar surface area (TPSA) is 70.6 Å². The molecule has 1 saturated heterocycles. The highest BCUT2D eigenvalue weighted by atomic mass is 35.5. The summed E-state index contributed by atoms with van der Waals surface area (Å²) in [6, 6.07) is 3.10. The molecule has 3 unspecified atom stereocenters. The van der Waals surface area contributed by atoms with Gasteiger partial charge in [-0.25, -0.2) is 9.18 Å². The molecule has 0 radical (unpaired) electrons. The van der Waals surface area contributed by atoms with Crippen molar-refractivity contribution in [3.05, 3.63) is 34.6 Å². The Kier molecular flexibility index (Phi) is 6.21. The Bertz CT molecular complexity index is 548. The summed E-state index contributed by atoms with van der Waals surface area (Å²) in [5.74, 6) is -0.586. The van der Waals surface area contributed by atoms with Gasteiger partial charge in [-0.15, -0.1) is 0 Å². The normalized spacial score (nSPS) is 25.7. The molecule has 0 aliphatic carbocycles. The lowest BCUT2D eigenvalue weighted by atomic mass is 10.00. The minimum Gasteiger partial charge on any atom is -0.394 e. The van der Waals surface area contributed by atoms with Crippen LogP contribution in [0.1, 0.15) is 38.3 Å². The summed E-state index contributed by atoms with van der Waals surface area (Å²) in [4.78, 5) is 12.1. The number of benzene rings is 1. The molecule has 1 aromatic rings. The number of carbonyl (C=O) groups excluding carboxylic acids is 1. The molecule has 3 N–H and O–H groups in total. The molecule has 0 spiro atoms. The van der Waals surface area contributed by atoms with E-state index in [-0.39, 0.29) is 29.9 Å². The Morgan fingerprint density at radius 1 is 1.43 bits per heavy atom. The van der Waals surface area contributed by atoms with Crippen molar-refractivity contribution in [2.24, 2.45) is 0 Å². The summed E-state index contributed by atoms with van der Waals surface area (Å²) in [7, 11) is 0. The Labute approximate surface area is 140 Å². The van der Waals surface area contributed by atoms with Crippen LogP contribution in [-0.2, 0) is 4.74 Å². The van der Waals surface area contributed by atoms with Crippen LogP contribution in [0.25, 0.3) is 0 Å². The second-order valence-corrected chi connectivity index (χ2v) is 6.36. The van der Waals surface area contributed by atoms with Gasteiger partial charge >= 0.3 is 6.03 Å². The molecule has 1 aromatic carbocycles. The number of halogens is 2. The van der Waals surface area contributed by atoms with E-state index in [4.69, 9.17) is 16.3 Å². The van der Waals surface area contributed by atoms with Gasteiger partial charge in [0.05, 0.1) is 29.9 Å². The molecular formula is C16H22ClFN2O3. The van der Waals surface area contributed by atoms with E-state index in [9.17, 15) is 14.3 Å². The van der Waals surface area contributed by atoms with E-state index >= 15 is 0 Å². The monoisotopic (exact) mass is 344 g/mol. The van der Waals surface area contributed by atoms with Crippen LogP contribution in [0.5, 0.6) is 0 Å². The Morgan fingerprint density at radius 3 is 2.65 bits per heavy atom. The van der Waals surface area contributed by atoms with E-state index in [0.29, 0.717) is 5.56 Å². The van der Waals surface area contributed by atoms with Crippen LogP contribution in [0.4, 0.5) is 9.18 Å². The van der Waals surface area contributed by atoms with Crippen molar-refractivity contribution in [3.8, 4) is 0 Å². The minimum absolute atomic E-state index is 0.0000668. The van der Waals surface area contributed by atoms with Crippen molar-refractivity contribution < 1.29 is 19.0 Å². The Morgan fingerprint density at radius 2 is 2.09 bits per heavy atom. The molecule has 2 amide bonds. The largest absolute Gasteiger partial charge is 0.394 e. The fourth-order valence-electron chi connectivity index (χ4n) is 2.87. The molecular weight excluding hydrogens is 323 g/mol. The molecule has 0 aromatic heterocycles. The Balaban J connectivity index is 1.95. The lowest BCUT2D eigenvalue weighted by Gasteiger charge is -2.32. The van der Waals surface area contributed by atoms with Crippen LogP contribution in [0, 0.1) is 5.82 Å². The van der Waals surface area contributed by atoms with E-state index in [1.807, 2.05) is 13.8 Å². The molecule has 1 aliphatic heterocycles. The fraction of sp³-hybridized carbons (Fsp3) is 0.562. The van der Waals surface area contributed by atoms with Gasteiger partial charge in [0.15, 0.2) is 0 Å². The van der Waals surface area contributed by atoms with E-state index in [1.54, 1.807) is 6.07 Å². The maximum absolute atomic E-state index is 13.5. The van der Waals surface area contributed by atoms with Gasteiger partial charge in [0, 0.05) is 6.04 Å². The second-order valence-electron chi connectivity index (χ2n) is 5.95. The summed E-state index contributed by atoms with van der Waals surface area (Å²) < 4.78 is 19.1. The first-order chi connectivity index (χ1) is 10.9. The zero-order valence-corrected chi connectivity index (χ0v) is 13.9. The van der Waals surface area contributed by atoms with Crippen LogP contribution >= 0.6 is 11.6 Å². The highest BCUT2D eigenvalue weighted by Gasteiger charge is 2.26. The van der Waals surface area contributed by atoms with Crippen molar-refractivity contribution in [2.45, 2.75) is 51.0 Å². The second kappa shape index (κ2) is 7.95. The van der Waals surface area contributed by atoms with Gasteiger partial charge < -0.3 is 20.5 Å². The number of ether oxygens (including phenoxy) is 1. The minimum atomic E-state index is -0.698. The van der Waals surface area contributed by atoms with E-state index in [1.165, 1.54) is 12.1 Å². The average Bonchev–Trinajstić information content (AvgIpc) is 2.46. The number of carbonyl (C=O) groups is 1. The maximum Gasteiger partial charge on any atom is 0.315 e. The molecule has 7 heteroatoms. The van der Waals surface area contributed by atoms with Gasteiger partial charge in [0.2, 0.25) is 0 Å². The third kappa shape index (κ3) is 5.06. The summed E-state index contributed by atoms with van der Waals surface area (Å²) >= 11 is 5.64. The maximum atomic E-state index is 13.5. The van der Waals surface area contributed by atoms with E-state index < -0.39 is 17.9 Å². The van der Waals surface area contributed by atoms with Crippen LogP contribution in [0.3, 0.4) is 0 Å². The molecule has 2 rings (SSSR count). The molecule has 23 heavy (non-hydrogen) atoms. The SMILES string of the molecule is CC1CC(NC(=O)NC(CO)c2ccc(Cl)c(F)c2)CC(C)O1. The summed E-state index contributed by atoms with van der Waals surface area (Å²) in [6.07, 6.45) is 1.64. The van der Waals surface area contributed by atoms with Crippen LogP contribution in [-0.4, -0.2) is 36.0 Å². The molecule has 1 aliphatic rings. The number of hydrogen-bond donors (Lipinski definition) is 3. The molecule has 5 nitrogen and oxygen atoms in total. The molecule has 1 heterocycles. The molecule has 1 fully saturated rings. The number of aliphatic hydroxyl groups excluding tert-OH is 1. The molecule has 3 atom stereocenters. The van der Waals surface area contributed by atoms with Crippen molar-refractivity contribution in [3.63, 3.8) is 0 Å². The zero-order valence-electron chi connectivity index (χ0n) is 13.2. The lowest BCUT2D eigenvalue weighted by Crippen LogP contribution is -2.48. The Hall–Kier alpha value is -1.37. The number of nitrogens with one attached hydrogen (secondary N) is 2. The number of urea groups is 1. The summed E-state index contributed by atoms with van der Waals surface area (Å²) in [5.41, 5.74) is 0.457. The number of aliphatic hydroxyl groups is 1. The quantitative estimate of drug-likeness (QED) is 0.786. The number of hydrogen-bond acceptors (Lipinski definition) is 3. The molecule has 128 valence electrons. The van der Waals surface area contributed by atoms with Crippen molar-refractivity contribution in [1.82, 2.24) is 10.6 Å². The third-order valence-corrected chi connectivity index (χ3v) is 4.17. The van der Waals surface area contributed by atoms with Crippen molar-refractivity contribution in [2.75, 3.05) is 6.61 Å². The van der Waals surface area contributed by atoms with Gasteiger partial charge in [0.1, 0.15) is 5.82 Å². The van der Waals surface area contributed by atoms with Gasteiger partial charge in [-0.1, -0.05) is 17.7 Å². The van der Waals surface area contributed by atoms with Crippen LogP contribution in [0.15, 0.2) is 18.2 Å². The average molecular weight is 345 g/mol. The van der Waals surface area contributed by atoms with Crippen LogP contribution in [0.2, 0.25) is 5.02 Å². The number of amides is 2. The van der Waals surface area contributed by atoms with Crippen molar-refractivity contribution >= 4 is 17.6 Å². The zero-order chi connectivity index (χ0) is 17.0. The van der Waals surface area contributed by atoms with Gasteiger partial charge in [0.25, 0.3) is 0 Å². The third-order valence-electron chi connectivity index (χ3n) is 3.87. The summed E-state index contributed by atoms with van der Waals surface area (Å²) in [6.45, 7) is 3.60. The van der Waals surface area contributed by atoms with Crippen molar-refractivity contribution in [1.29, 1.82) is 0 Å². The van der Waals surface area contributed by atoms with Gasteiger partial charge in [-0.2, -0.15) is 0 Å². The predicted octanol–water partition coefficient (Wildman–Crippen LogP) is 2.77. The lowest BCUT2D eigenvalue weighted by molar-refractivity contribution is -0.0402.